The number of aromatic carboxylic acids is 1. The van der Waals surface area contributed by atoms with Crippen molar-refractivity contribution in [2.45, 2.75) is 13.3 Å². The molecule has 1 aromatic carbocycles. The Kier molecular flexibility index (Phi) is 2.86. The van der Waals surface area contributed by atoms with E-state index < -0.39 is 35.1 Å². The number of carbonyl (C=O) groups excluding carboxylic acids is 2. The van der Waals surface area contributed by atoms with Crippen molar-refractivity contribution in [2.75, 3.05) is 4.90 Å². The lowest BCUT2D eigenvalue weighted by atomic mass is 10.1. The van der Waals surface area contributed by atoms with E-state index in [0.29, 0.717) is 0 Å². The van der Waals surface area contributed by atoms with Gasteiger partial charge in [0.1, 0.15) is 5.82 Å². The van der Waals surface area contributed by atoms with Crippen LogP contribution < -0.4 is 4.90 Å². The minimum Gasteiger partial charge on any atom is -0.478 e. The molecule has 0 bridgehead atoms. The average molecular weight is 251 g/mol. The maximum Gasteiger partial charge on any atom is 0.338 e. The molecule has 6 heteroatoms. The molecule has 1 aliphatic rings. The predicted octanol–water partition coefficient (Wildman–Crippen LogP) is 1.42. The van der Waals surface area contributed by atoms with E-state index in [1.165, 1.54) is 6.07 Å². The zero-order valence-electron chi connectivity index (χ0n) is 9.51. The van der Waals surface area contributed by atoms with E-state index in [-0.39, 0.29) is 12.1 Å². The normalized spacial score (nSPS) is 19.4. The molecule has 18 heavy (non-hydrogen) atoms. The summed E-state index contributed by atoms with van der Waals surface area (Å²) >= 11 is 0. The van der Waals surface area contributed by atoms with Crippen molar-refractivity contribution in [2.24, 2.45) is 5.92 Å². The quantitative estimate of drug-likeness (QED) is 0.807. The van der Waals surface area contributed by atoms with E-state index in [1.807, 2.05) is 0 Å². The Hall–Kier alpha value is -2.24. The molecule has 2 rings (SSSR count). The van der Waals surface area contributed by atoms with E-state index in [4.69, 9.17) is 5.11 Å². The molecule has 0 aromatic heterocycles. The van der Waals surface area contributed by atoms with Crippen LogP contribution in [-0.2, 0) is 9.59 Å². The summed E-state index contributed by atoms with van der Waals surface area (Å²) in [6.45, 7) is 1.61. The Morgan fingerprint density at radius 3 is 2.56 bits per heavy atom. The third-order valence-corrected chi connectivity index (χ3v) is 2.81. The topological polar surface area (TPSA) is 74.7 Å². The monoisotopic (exact) mass is 251 g/mol. The Morgan fingerprint density at radius 1 is 1.44 bits per heavy atom. The average Bonchev–Trinajstić information content (AvgIpc) is 2.52. The van der Waals surface area contributed by atoms with Crippen molar-refractivity contribution >= 4 is 23.5 Å². The number of amides is 2. The molecule has 1 N–H and O–H groups in total. The summed E-state index contributed by atoms with van der Waals surface area (Å²) in [7, 11) is 0. The van der Waals surface area contributed by atoms with Gasteiger partial charge < -0.3 is 5.11 Å². The van der Waals surface area contributed by atoms with Gasteiger partial charge >= 0.3 is 5.97 Å². The lowest BCUT2D eigenvalue weighted by Gasteiger charge is -2.14. The maximum absolute atomic E-state index is 13.5. The molecule has 1 fully saturated rings. The molecule has 0 spiro atoms. The largest absolute Gasteiger partial charge is 0.478 e. The molecule has 0 aliphatic carbocycles. The molecule has 1 unspecified atom stereocenters. The first kappa shape index (κ1) is 12.2. The summed E-state index contributed by atoms with van der Waals surface area (Å²) < 4.78 is 13.5. The van der Waals surface area contributed by atoms with Gasteiger partial charge in [0.2, 0.25) is 11.8 Å². The van der Waals surface area contributed by atoms with Crippen LogP contribution in [0.4, 0.5) is 10.1 Å². The smallest absolute Gasteiger partial charge is 0.338 e. The Labute approximate surface area is 102 Å². The number of rotatable bonds is 2. The van der Waals surface area contributed by atoms with Crippen molar-refractivity contribution in [3.8, 4) is 0 Å². The van der Waals surface area contributed by atoms with E-state index in [1.54, 1.807) is 6.92 Å². The van der Waals surface area contributed by atoms with E-state index in [9.17, 15) is 18.8 Å². The highest BCUT2D eigenvalue weighted by atomic mass is 19.1. The summed E-state index contributed by atoms with van der Waals surface area (Å²) in [5, 5.41) is 8.68. The Balaban J connectivity index is 2.41. The number of anilines is 1. The van der Waals surface area contributed by atoms with Gasteiger partial charge in [0, 0.05) is 12.3 Å². The fourth-order valence-corrected chi connectivity index (χ4v) is 1.87. The van der Waals surface area contributed by atoms with Crippen molar-refractivity contribution < 1.29 is 23.9 Å². The zero-order chi connectivity index (χ0) is 13.4. The molecule has 1 saturated heterocycles. The van der Waals surface area contributed by atoms with Crippen LogP contribution >= 0.6 is 0 Å². The second kappa shape index (κ2) is 4.21. The summed E-state index contributed by atoms with van der Waals surface area (Å²) in [6.07, 6.45) is 0.0845. The van der Waals surface area contributed by atoms with Crippen molar-refractivity contribution in [3.05, 3.63) is 29.6 Å². The molecule has 2 amide bonds. The van der Waals surface area contributed by atoms with Crippen molar-refractivity contribution in [1.29, 1.82) is 0 Å². The van der Waals surface area contributed by atoms with Crippen LogP contribution in [0.3, 0.4) is 0 Å². The van der Waals surface area contributed by atoms with Gasteiger partial charge in [-0.3, -0.25) is 14.5 Å². The number of imide groups is 1. The first-order chi connectivity index (χ1) is 8.41. The number of carboxylic acid groups (broad SMARTS) is 1. The molecule has 1 atom stereocenters. The van der Waals surface area contributed by atoms with Crippen LogP contribution in [0.2, 0.25) is 0 Å². The number of carboxylic acids is 1. The van der Waals surface area contributed by atoms with Crippen LogP contribution in [0, 0.1) is 11.7 Å². The number of benzene rings is 1. The predicted molar refractivity (Wildman–Crippen MR) is 59.6 cm³/mol. The lowest BCUT2D eigenvalue weighted by molar-refractivity contribution is -0.122. The van der Waals surface area contributed by atoms with Crippen LogP contribution in [0.15, 0.2) is 18.2 Å². The lowest BCUT2D eigenvalue weighted by Crippen LogP contribution is -2.30. The molecular formula is C12H10FNO4. The van der Waals surface area contributed by atoms with Gasteiger partial charge in [0.05, 0.1) is 11.3 Å². The highest BCUT2D eigenvalue weighted by Gasteiger charge is 2.36. The van der Waals surface area contributed by atoms with Gasteiger partial charge in [0.15, 0.2) is 0 Å². The van der Waals surface area contributed by atoms with Gasteiger partial charge in [-0.15, -0.1) is 0 Å². The molecular weight excluding hydrogens is 241 g/mol. The third-order valence-electron chi connectivity index (χ3n) is 2.81. The Morgan fingerprint density at radius 2 is 2.11 bits per heavy atom. The summed E-state index contributed by atoms with van der Waals surface area (Å²) in [4.78, 5) is 34.8. The van der Waals surface area contributed by atoms with E-state index in [2.05, 4.69) is 0 Å². The number of halogens is 1. The molecule has 0 radical (unpaired) electrons. The van der Waals surface area contributed by atoms with Gasteiger partial charge in [0.25, 0.3) is 0 Å². The van der Waals surface area contributed by atoms with Gasteiger partial charge in [-0.05, 0) is 18.2 Å². The molecule has 5 nitrogen and oxygen atoms in total. The van der Waals surface area contributed by atoms with Crippen molar-refractivity contribution in [3.63, 3.8) is 0 Å². The second-order valence-electron chi connectivity index (χ2n) is 4.14. The summed E-state index contributed by atoms with van der Waals surface area (Å²) in [5.74, 6) is -3.61. The minimum atomic E-state index is -1.40. The molecule has 1 aromatic rings. The van der Waals surface area contributed by atoms with Gasteiger partial charge in [-0.1, -0.05) is 6.92 Å². The standard InChI is InChI=1S/C12H10FNO4/c1-6-4-10(15)14(11(6)16)7-2-3-8(12(17)18)9(13)5-7/h2-3,5-6H,4H2,1H3,(H,17,18). The van der Waals surface area contributed by atoms with Crippen LogP contribution in [0.1, 0.15) is 23.7 Å². The molecule has 0 saturated carbocycles. The number of nitrogens with zero attached hydrogens (tertiary/aromatic N) is 1. The van der Waals surface area contributed by atoms with Crippen LogP contribution in [0.25, 0.3) is 0 Å². The number of hydrogen-bond donors (Lipinski definition) is 1. The third kappa shape index (κ3) is 1.85. The molecule has 1 heterocycles. The van der Waals surface area contributed by atoms with Gasteiger partial charge in [-0.25, -0.2) is 9.18 Å². The van der Waals surface area contributed by atoms with Gasteiger partial charge in [-0.2, -0.15) is 0 Å². The highest BCUT2D eigenvalue weighted by molar-refractivity contribution is 6.20. The fourth-order valence-electron chi connectivity index (χ4n) is 1.87. The SMILES string of the molecule is CC1CC(=O)N(c2ccc(C(=O)O)c(F)c2)C1=O. The van der Waals surface area contributed by atoms with Crippen molar-refractivity contribution in [1.82, 2.24) is 0 Å². The number of carbonyl (C=O) groups is 3. The molecule has 1 aliphatic heterocycles. The summed E-state index contributed by atoms with van der Waals surface area (Å²) in [5.41, 5.74) is -0.428. The first-order valence-corrected chi connectivity index (χ1v) is 5.31. The molecule has 94 valence electrons. The fraction of sp³-hybridized carbons (Fsp3) is 0.250. The highest BCUT2D eigenvalue weighted by Crippen LogP contribution is 2.27. The minimum absolute atomic E-state index is 0.0665. The van der Waals surface area contributed by atoms with E-state index in [0.717, 1.165) is 17.0 Å². The second-order valence-corrected chi connectivity index (χ2v) is 4.14. The van der Waals surface area contributed by atoms with Crippen LogP contribution in [0.5, 0.6) is 0 Å². The summed E-state index contributed by atoms with van der Waals surface area (Å²) in [6, 6.07) is 3.17. The number of hydrogen-bond acceptors (Lipinski definition) is 3. The van der Waals surface area contributed by atoms with Crippen LogP contribution in [-0.4, -0.2) is 22.9 Å². The Bertz CT molecular complexity index is 555. The first-order valence-electron chi connectivity index (χ1n) is 5.31. The van der Waals surface area contributed by atoms with E-state index >= 15 is 0 Å². The maximum atomic E-state index is 13.5. The zero-order valence-corrected chi connectivity index (χ0v) is 9.51.